The van der Waals surface area contributed by atoms with Gasteiger partial charge in [-0.3, -0.25) is 0 Å². The molecular formula is C14H21NO. The SMILES string of the molecule is CC1CCC(NC[C@H](C)O)c2ccccc21. The van der Waals surface area contributed by atoms with Crippen molar-refractivity contribution in [3.8, 4) is 0 Å². The first kappa shape index (κ1) is 11.6. The molecule has 1 aromatic carbocycles. The number of fused-ring (bicyclic) bond motifs is 1. The lowest BCUT2D eigenvalue weighted by atomic mass is 9.81. The van der Waals surface area contributed by atoms with Crippen LogP contribution >= 0.6 is 0 Å². The molecule has 2 N–H and O–H groups in total. The van der Waals surface area contributed by atoms with Crippen LogP contribution in [0.4, 0.5) is 0 Å². The lowest BCUT2D eigenvalue weighted by molar-refractivity contribution is 0.184. The van der Waals surface area contributed by atoms with Crippen LogP contribution in [0.3, 0.4) is 0 Å². The molecule has 0 aliphatic heterocycles. The number of hydrogen-bond acceptors (Lipinski definition) is 2. The molecule has 88 valence electrons. The molecule has 3 atom stereocenters. The molecule has 16 heavy (non-hydrogen) atoms. The van der Waals surface area contributed by atoms with Gasteiger partial charge in [-0.25, -0.2) is 0 Å². The van der Waals surface area contributed by atoms with Gasteiger partial charge in [-0.15, -0.1) is 0 Å². The highest BCUT2D eigenvalue weighted by molar-refractivity contribution is 5.34. The largest absolute Gasteiger partial charge is 0.392 e. The quantitative estimate of drug-likeness (QED) is 0.819. The van der Waals surface area contributed by atoms with E-state index in [4.69, 9.17) is 0 Å². The number of aliphatic hydroxyl groups is 1. The summed E-state index contributed by atoms with van der Waals surface area (Å²) in [7, 11) is 0. The summed E-state index contributed by atoms with van der Waals surface area (Å²) in [5, 5.41) is 12.8. The monoisotopic (exact) mass is 219 g/mol. The third kappa shape index (κ3) is 2.45. The van der Waals surface area contributed by atoms with Crippen LogP contribution < -0.4 is 5.32 Å². The summed E-state index contributed by atoms with van der Waals surface area (Å²) in [4.78, 5) is 0. The van der Waals surface area contributed by atoms with Gasteiger partial charge < -0.3 is 10.4 Å². The second-order valence-electron chi connectivity index (χ2n) is 4.92. The van der Waals surface area contributed by atoms with Crippen LogP contribution in [0.2, 0.25) is 0 Å². The van der Waals surface area contributed by atoms with E-state index in [0.29, 0.717) is 18.5 Å². The molecule has 0 aromatic heterocycles. The van der Waals surface area contributed by atoms with E-state index < -0.39 is 0 Å². The third-order valence-electron chi connectivity index (χ3n) is 3.45. The van der Waals surface area contributed by atoms with Crippen LogP contribution in [0.25, 0.3) is 0 Å². The minimum atomic E-state index is -0.272. The van der Waals surface area contributed by atoms with Crippen LogP contribution in [-0.2, 0) is 0 Å². The molecule has 0 saturated heterocycles. The summed E-state index contributed by atoms with van der Waals surface area (Å²) >= 11 is 0. The average Bonchev–Trinajstić information content (AvgIpc) is 2.28. The summed E-state index contributed by atoms with van der Waals surface area (Å²) in [6.45, 7) is 4.79. The molecule has 1 aliphatic carbocycles. The Kier molecular flexibility index (Phi) is 3.62. The van der Waals surface area contributed by atoms with Crippen LogP contribution in [0.5, 0.6) is 0 Å². The van der Waals surface area contributed by atoms with Gasteiger partial charge in [0.15, 0.2) is 0 Å². The van der Waals surface area contributed by atoms with Gasteiger partial charge in [0.1, 0.15) is 0 Å². The smallest absolute Gasteiger partial charge is 0.0636 e. The molecular weight excluding hydrogens is 198 g/mol. The zero-order valence-corrected chi connectivity index (χ0v) is 10.1. The van der Waals surface area contributed by atoms with Gasteiger partial charge in [0.25, 0.3) is 0 Å². The number of benzene rings is 1. The first-order valence-electron chi connectivity index (χ1n) is 6.18. The van der Waals surface area contributed by atoms with Crippen LogP contribution in [0.15, 0.2) is 24.3 Å². The Morgan fingerprint density at radius 3 is 2.69 bits per heavy atom. The Hall–Kier alpha value is -0.860. The standard InChI is InChI=1S/C14H21NO/c1-10-7-8-14(15-9-11(2)16)13-6-4-3-5-12(10)13/h3-6,10-11,14-16H,7-9H2,1-2H3/t10?,11-,14?/m0/s1. The zero-order chi connectivity index (χ0) is 11.5. The van der Waals surface area contributed by atoms with Gasteiger partial charge >= 0.3 is 0 Å². The van der Waals surface area contributed by atoms with Crippen molar-refractivity contribution in [2.24, 2.45) is 0 Å². The molecule has 1 aliphatic rings. The lowest BCUT2D eigenvalue weighted by Crippen LogP contribution is -2.31. The van der Waals surface area contributed by atoms with Crippen molar-refractivity contribution < 1.29 is 5.11 Å². The number of rotatable bonds is 3. The number of hydrogen-bond donors (Lipinski definition) is 2. The molecule has 1 aromatic rings. The molecule has 2 heteroatoms. The lowest BCUT2D eigenvalue weighted by Gasteiger charge is -2.30. The van der Waals surface area contributed by atoms with Crippen molar-refractivity contribution in [1.82, 2.24) is 5.32 Å². The van der Waals surface area contributed by atoms with E-state index in [1.54, 1.807) is 0 Å². The van der Waals surface area contributed by atoms with Gasteiger partial charge in [0.05, 0.1) is 6.10 Å². The Labute approximate surface area is 97.7 Å². The van der Waals surface area contributed by atoms with Gasteiger partial charge in [-0.2, -0.15) is 0 Å². The third-order valence-corrected chi connectivity index (χ3v) is 3.45. The van der Waals surface area contributed by atoms with E-state index in [1.165, 1.54) is 24.0 Å². The van der Waals surface area contributed by atoms with Crippen molar-refractivity contribution in [3.05, 3.63) is 35.4 Å². The first-order chi connectivity index (χ1) is 7.68. The van der Waals surface area contributed by atoms with Gasteiger partial charge in [-0.05, 0) is 36.8 Å². The van der Waals surface area contributed by atoms with Gasteiger partial charge in [-0.1, -0.05) is 31.2 Å². The van der Waals surface area contributed by atoms with Crippen molar-refractivity contribution >= 4 is 0 Å². The molecule has 2 unspecified atom stereocenters. The topological polar surface area (TPSA) is 32.3 Å². The Morgan fingerprint density at radius 2 is 2.00 bits per heavy atom. The minimum absolute atomic E-state index is 0.272. The summed E-state index contributed by atoms with van der Waals surface area (Å²) < 4.78 is 0. The van der Waals surface area contributed by atoms with Crippen LogP contribution in [-0.4, -0.2) is 17.8 Å². The van der Waals surface area contributed by atoms with E-state index in [9.17, 15) is 5.11 Å². The molecule has 0 spiro atoms. The number of aliphatic hydroxyl groups excluding tert-OH is 1. The molecule has 2 nitrogen and oxygen atoms in total. The molecule has 0 radical (unpaired) electrons. The fourth-order valence-corrected chi connectivity index (χ4v) is 2.53. The summed E-state index contributed by atoms with van der Waals surface area (Å²) in [5.74, 6) is 0.667. The zero-order valence-electron chi connectivity index (χ0n) is 10.1. The normalized spacial score (nSPS) is 26.2. The minimum Gasteiger partial charge on any atom is -0.392 e. The van der Waals surface area contributed by atoms with Crippen molar-refractivity contribution in [1.29, 1.82) is 0 Å². The predicted octanol–water partition coefficient (Wildman–Crippen LogP) is 2.60. The van der Waals surface area contributed by atoms with E-state index >= 15 is 0 Å². The highest BCUT2D eigenvalue weighted by Gasteiger charge is 2.23. The molecule has 0 fully saturated rings. The fraction of sp³-hybridized carbons (Fsp3) is 0.571. The van der Waals surface area contributed by atoms with Crippen molar-refractivity contribution in [2.75, 3.05) is 6.54 Å². The average molecular weight is 219 g/mol. The maximum atomic E-state index is 9.32. The van der Waals surface area contributed by atoms with Crippen molar-refractivity contribution in [3.63, 3.8) is 0 Å². The maximum Gasteiger partial charge on any atom is 0.0636 e. The Bertz CT molecular complexity index is 348. The predicted molar refractivity (Wildman–Crippen MR) is 66.5 cm³/mol. The summed E-state index contributed by atoms with van der Waals surface area (Å²) in [6.07, 6.45) is 2.13. The Morgan fingerprint density at radius 1 is 1.31 bits per heavy atom. The summed E-state index contributed by atoms with van der Waals surface area (Å²) in [5.41, 5.74) is 2.89. The maximum absolute atomic E-state index is 9.32. The van der Waals surface area contributed by atoms with E-state index in [-0.39, 0.29) is 6.10 Å². The molecule has 0 heterocycles. The first-order valence-corrected chi connectivity index (χ1v) is 6.18. The Balaban J connectivity index is 2.15. The molecule has 2 rings (SSSR count). The van der Waals surface area contributed by atoms with Gasteiger partial charge in [0, 0.05) is 12.6 Å². The van der Waals surface area contributed by atoms with Crippen LogP contribution in [0.1, 0.15) is 49.8 Å². The second-order valence-corrected chi connectivity index (χ2v) is 4.92. The molecule has 0 amide bonds. The number of nitrogens with one attached hydrogen (secondary N) is 1. The highest BCUT2D eigenvalue weighted by Crippen LogP contribution is 2.36. The van der Waals surface area contributed by atoms with E-state index in [1.807, 2.05) is 6.92 Å². The van der Waals surface area contributed by atoms with Crippen LogP contribution in [0, 0.1) is 0 Å². The molecule has 0 bridgehead atoms. The van der Waals surface area contributed by atoms with Crippen molar-refractivity contribution in [2.45, 2.75) is 44.8 Å². The molecule has 0 saturated carbocycles. The summed E-state index contributed by atoms with van der Waals surface area (Å²) in [6, 6.07) is 9.09. The van der Waals surface area contributed by atoms with E-state index in [2.05, 4.69) is 36.5 Å². The highest BCUT2D eigenvalue weighted by atomic mass is 16.3. The van der Waals surface area contributed by atoms with E-state index in [0.717, 1.165) is 0 Å². The second kappa shape index (κ2) is 4.98. The fourth-order valence-electron chi connectivity index (χ4n) is 2.53. The van der Waals surface area contributed by atoms with Gasteiger partial charge in [0.2, 0.25) is 0 Å².